The minimum Gasteiger partial charge on any atom is -0.490 e. The van der Waals surface area contributed by atoms with E-state index in [9.17, 15) is 4.79 Å². The summed E-state index contributed by atoms with van der Waals surface area (Å²) in [6, 6.07) is 14.9. The maximum atomic E-state index is 12.6. The van der Waals surface area contributed by atoms with E-state index in [4.69, 9.17) is 9.47 Å². The van der Waals surface area contributed by atoms with Crippen molar-refractivity contribution in [2.45, 2.75) is 19.4 Å². The predicted molar refractivity (Wildman–Crippen MR) is 100 cm³/mol. The summed E-state index contributed by atoms with van der Waals surface area (Å²) in [5, 5.41) is 6.29. The van der Waals surface area contributed by atoms with Crippen molar-refractivity contribution in [2.24, 2.45) is 0 Å². The van der Waals surface area contributed by atoms with Crippen molar-refractivity contribution in [2.75, 3.05) is 19.7 Å². The largest absolute Gasteiger partial charge is 0.490 e. The average molecular weight is 363 g/mol. The molecule has 1 atom stereocenters. The second-order valence-corrected chi connectivity index (χ2v) is 5.64. The van der Waals surface area contributed by atoms with Gasteiger partial charge in [-0.05, 0) is 44.2 Å². The summed E-state index contributed by atoms with van der Waals surface area (Å²) < 4.78 is 11.6. The molecule has 0 radical (unpaired) electrons. The molecular weight excluding hydrogens is 340 g/mol. The minimum absolute atomic E-state index is 0. The van der Waals surface area contributed by atoms with Gasteiger partial charge in [0.2, 0.25) is 0 Å². The maximum absolute atomic E-state index is 12.6. The van der Waals surface area contributed by atoms with Crippen LogP contribution in [0.3, 0.4) is 0 Å². The smallest absolute Gasteiger partial charge is 0.255 e. The molecule has 5 nitrogen and oxygen atoms in total. The molecule has 0 bridgehead atoms. The molecule has 2 N–H and O–H groups in total. The zero-order chi connectivity index (χ0) is 16.8. The van der Waals surface area contributed by atoms with E-state index < -0.39 is 0 Å². The van der Waals surface area contributed by atoms with Gasteiger partial charge in [-0.25, -0.2) is 0 Å². The highest BCUT2D eigenvalue weighted by Gasteiger charge is 2.20. The molecule has 2 aromatic carbocycles. The number of ether oxygens (including phenoxy) is 2. The lowest BCUT2D eigenvalue weighted by Gasteiger charge is -2.16. The fourth-order valence-electron chi connectivity index (χ4n) is 2.71. The maximum Gasteiger partial charge on any atom is 0.255 e. The van der Waals surface area contributed by atoms with E-state index in [-0.39, 0.29) is 24.4 Å². The van der Waals surface area contributed by atoms with Gasteiger partial charge in [0.1, 0.15) is 5.75 Å². The third-order valence-electron chi connectivity index (χ3n) is 3.90. The van der Waals surface area contributed by atoms with Crippen LogP contribution < -0.4 is 20.1 Å². The van der Waals surface area contributed by atoms with Crippen molar-refractivity contribution < 1.29 is 14.3 Å². The second kappa shape index (κ2) is 9.30. The molecule has 1 unspecified atom stereocenters. The summed E-state index contributed by atoms with van der Waals surface area (Å²) in [7, 11) is 0. The minimum atomic E-state index is -0.117. The first-order valence-corrected chi connectivity index (χ1v) is 8.28. The number of para-hydroxylation sites is 3. The Hall–Kier alpha value is -2.24. The monoisotopic (exact) mass is 362 g/mol. The Morgan fingerprint density at radius 1 is 1.12 bits per heavy atom. The van der Waals surface area contributed by atoms with Gasteiger partial charge in [-0.1, -0.05) is 24.3 Å². The van der Waals surface area contributed by atoms with Gasteiger partial charge in [0.25, 0.3) is 5.91 Å². The molecule has 1 aliphatic heterocycles. The lowest BCUT2D eigenvalue weighted by molar-refractivity contribution is 0.0937. The zero-order valence-corrected chi connectivity index (χ0v) is 15.0. The van der Waals surface area contributed by atoms with Crippen LogP contribution in [0.15, 0.2) is 48.5 Å². The molecule has 3 rings (SSSR count). The fraction of sp³-hybridized carbons (Fsp3) is 0.316. The third kappa shape index (κ3) is 4.87. The van der Waals surface area contributed by atoms with E-state index in [2.05, 4.69) is 10.6 Å². The summed E-state index contributed by atoms with van der Waals surface area (Å²) >= 11 is 0. The Bertz CT molecular complexity index is 703. The lowest BCUT2D eigenvalue weighted by atomic mass is 10.1. The SMILES string of the molecule is CCOc1ccccc1Oc1ccccc1C(=O)NC1CCNC1.Cl. The van der Waals surface area contributed by atoms with Crippen LogP contribution in [0, 0.1) is 0 Å². The summed E-state index contributed by atoms with van der Waals surface area (Å²) in [6.45, 7) is 4.22. The number of carbonyl (C=O) groups excluding carboxylic acids is 1. The van der Waals surface area contributed by atoms with Crippen molar-refractivity contribution >= 4 is 18.3 Å². The highest BCUT2D eigenvalue weighted by Crippen LogP contribution is 2.33. The number of nitrogens with one attached hydrogen (secondary N) is 2. The van der Waals surface area contributed by atoms with Gasteiger partial charge in [-0.3, -0.25) is 4.79 Å². The molecule has 1 amide bonds. The van der Waals surface area contributed by atoms with Gasteiger partial charge in [0, 0.05) is 12.6 Å². The number of rotatable bonds is 6. The summed E-state index contributed by atoms with van der Waals surface area (Å²) in [4.78, 5) is 12.6. The van der Waals surface area contributed by atoms with Gasteiger partial charge in [-0.15, -0.1) is 12.4 Å². The fourth-order valence-corrected chi connectivity index (χ4v) is 2.71. The molecule has 2 aromatic rings. The van der Waals surface area contributed by atoms with E-state index in [0.29, 0.717) is 29.4 Å². The molecule has 0 saturated carbocycles. The van der Waals surface area contributed by atoms with Crippen molar-refractivity contribution in [1.82, 2.24) is 10.6 Å². The standard InChI is InChI=1S/C19H22N2O3.ClH/c1-2-23-17-9-5-6-10-18(17)24-16-8-4-3-7-15(16)19(22)21-14-11-12-20-13-14;/h3-10,14,20H,2,11-13H2,1H3,(H,21,22);1H. The van der Waals surface area contributed by atoms with Crippen LogP contribution in [0.4, 0.5) is 0 Å². The van der Waals surface area contributed by atoms with Crippen LogP contribution in [0.5, 0.6) is 17.2 Å². The van der Waals surface area contributed by atoms with Crippen LogP contribution in [-0.4, -0.2) is 31.6 Å². The second-order valence-electron chi connectivity index (χ2n) is 5.64. The molecule has 1 heterocycles. The molecule has 134 valence electrons. The Morgan fingerprint density at radius 2 is 1.80 bits per heavy atom. The first-order valence-electron chi connectivity index (χ1n) is 8.28. The molecule has 1 fully saturated rings. The summed E-state index contributed by atoms with van der Waals surface area (Å²) in [5.74, 6) is 1.67. The predicted octanol–water partition coefficient (Wildman–Crippen LogP) is 3.39. The normalized spacial score (nSPS) is 16.0. The first-order chi connectivity index (χ1) is 11.8. The van der Waals surface area contributed by atoms with E-state index >= 15 is 0 Å². The summed E-state index contributed by atoms with van der Waals surface area (Å²) in [6.07, 6.45) is 0.946. The number of amides is 1. The zero-order valence-electron chi connectivity index (χ0n) is 14.2. The molecule has 1 saturated heterocycles. The Morgan fingerprint density at radius 3 is 2.48 bits per heavy atom. The van der Waals surface area contributed by atoms with Crippen molar-refractivity contribution in [3.05, 3.63) is 54.1 Å². The Kier molecular flexibility index (Phi) is 7.10. The summed E-state index contributed by atoms with van der Waals surface area (Å²) in [5.41, 5.74) is 0.524. The average Bonchev–Trinajstić information content (AvgIpc) is 3.10. The quantitative estimate of drug-likeness (QED) is 0.827. The van der Waals surface area contributed by atoms with Gasteiger partial charge in [0.15, 0.2) is 11.5 Å². The van der Waals surface area contributed by atoms with Gasteiger partial charge >= 0.3 is 0 Å². The Labute approximate surface area is 154 Å². The molecular formula is C19H23ClN2O3. The molecule has 0 spiro atoms. The highest BCUT2D eigenvalue weighted by molar-refractivity contribution is 5.97. The van der Waals surface area contributed by atoms with E-state index in [1.807, 2.05) is 43.3 Å². The van der Waals surface area contributed by atoms with Crippen molar-refractivity contribution in [3.63, 3.8) is 0 Å². The molecule has 1 aliphatic rings. The number of carbonyl (C=O) groups is 1. The van der Waals surface area contributed by atoms with E-state index in [1.165, 1.54) is 0 Å². The highest BCUT2D eigenvalue weighted by atomic mass is 35.5. The van der Waals surface area contributed by atoms with Gasteiger partial charge in [-0.2, -0.15) is 0 Å². The van der Waals surface area contributed by atoms with E-state index in [1.54, 1.807) is 12.1 Å². The third-order valence-corrected chi connectivity index (χ3v) is 3.90. The topological polar surface area (TPSA) is 59.6 Å². The molecule has 25 heavy (non-hydrogen) atoms. The lowest BCUT2D eigenvalue weighted by Crippen LogP contribution is -2.36. The van der Waals surface area contributed by atoms with Crippen LogP contribution in [-0.2, 0) is 0 Å². The van der Waals surface area contributed by atoms with Gasteiger partial charge < -0.3 is 20.1 Å². The van der Waals surface area contributed by atoms with Crippen LogP contribution in [0.2, 0.25) is 0 Å². The van der Waals surface area contributed by atoms with E-state index in [0.717, 1.165) is 19.5 Å². The van der Waals surface area contributed by atoms with Gasteiger partial charge in [0.05, 0.1) is 12.2 Å². The number of hydrogen-bond donors (Lipinski definition) is 2. The molecule has 6 heteroatoms. The van der Waals surface area contributed by atoms with Crippen LogP contribution >= 0.6 is 12.4 Å². The number of halogens is 1. The molecule has 0 aromatic heterocycles. The molecule has 0 aliphatic carbocycles. The number of hydrogen-bond acceptors (Lipinski definition) is 4. The van der Waals surface area contributed by atoms with Crippen LogP contribution in [0.25, 0.3) is 0 Å². The van der Waals surface area contributed by atoms with Crippen molar-refractivity contribution in [1.29, 1.82) is 0 Å². The number of benzene rings is 2. The van der Waals surface area contributed by atoms with Crippen molar-refractivity contribution in [3.8, 4) is 17.2 Å². The Balaban J connectivity index is 0.00000225. The van der Waals surface area contributed by atoms with Crippen LogP contribution in [0.1, 0.15) is 23.7 Å². The first kappa shape index (κ1) is 19.1.